The van der Waals surface area contributed by atoms with E-state index >= 15 is 0 Å². The molecule has 0 atom stereocenters. The van der Waals surface area contributed by atoms with Crippen LogP contribution in [0.5, 0.6) is 0 Å². The SMILES string of the molecule is COCC(=O)N1CCCN(c2cc(-n3cnc(Nc4ccccc4)n3)ccn2)CC1. The zero-order chi connectivity index (χ0) is 20.8. The smallest absolute Gasteiger partial charge is 0.248 e. The van der Waals surface area contributed by atoms with Gasteiger partial charge in [-0.1, -0.05) is 18.2 Å². The summed E-state index contributed by atoms with van der Waals surface area (Å²) in [5.74, 6) is 1.42. The average molecular weight is 407 g/mol. The van der Waals surface area contributed by atoms with E-state index in [9.17, 15) is 4.79 Å². The van der Waals surface area contributed by atoms with Crippen LogP contribution in [0.4, 0.5) is 17.5 Å². The van der Waals surface area contributed by atoms with Crippen LogP contribution in [0.2, 0.25) is 0 Å². The molecule has 9 nitrogen and oxygen atoms in total. The number of carbonyl (C=O) groups excluding carboxylic acids is 1. The van der Waals surface area contributed by atoms with Crippen LogP contribution in [0.15, 0.2) is 55.0 Å². The van der Waals surface area contributed by atoms with E-state index in [2.05, 4.69) is 25.3 Å². The van der Waals surface area contributed by atoms with Crippen molar-refractivity contribution in [2.75, 3.05) is 50.1 Å². The van der Waals surface area contributed by atoms with Gasteiger partial charge in [0.05, 0.1) is 5.69 Å². The minimum atomic E-state index is 0.0297. The summed E-state index contributed by atoms with van der Waals surface area (Å²) >= 11 is 0. The van der Waals surface area contributed by atoms with Crippen molar-refractivity contribution < 1.29 is 9.53 Å². The van der Waals surface area contributed by atoms with Crippen molar-refractivity contribution in [1.82, 2.24) is 24.6 Å². The molecule has 0 radical (unpaired) electrons. The number of nitrogens with zero attached hydrogens (tertiary/aromatic N) is 6. The molecule has 156 valence electrons. The Labute approximate surface area is 175 Å². The highest BCUT2D eigenvalue weighted by Gasteiger charge is 2.20. The van der Waals surface area contributed by atoms with Gasteiger partial charge in [-0.05, 0) is 24.6 Å². The van der Waals surface area contributed by atoms with Gasteiger partial charge in [-0.3, -0.25) is 4.79 Å². The molecule has 1 aromatic carbocycles. The fraction of sp³-hybridized carbons (Fsp3) is 0.333. The van der Waals surface area contributed by atoms with Gasteiger partial charge < -0.3 is 19.9 Å². The first-order valence-corrected chi connectivity index (χ1v) is 9.95. The van der Waals surface area contributed by atoms with Gasteiger partial charge in [-0.15, -0.1) is 5.10 Å². The molecule has 1 aliphatic heterocycles. The van der Waals surface area contributed by atoms with E-state index in [-0.39, 0.29) is 12.5 Å². The fourth-order valence-corrected chi connectivity index (χ4v) is 3.43. The highest BCUT2D eigenvalue weighted by molar-refractivity contribution is 5.77. The number of hydrogen-bond donors (Lipinski definition) is 1. The Morgan fingerprint density at radius 1 is 1.10 bits per heavy atom. The summed E-state index contributed by atoms with van der Waals surface area (Å²) in [6.07, 6.45) is 4.34. The second kappa shape index (κ2) is 9.36. The first-order valence-electron chi connectivity index (χ1n) is 9.95. The van der Waals surface area contributed by atoms with Crippen LogP contribution in [-0.2, 0) is 9.53 Å². The molecule has 0 unspecified atom stereocenters. The maximum absolute atomic E-state index is 12.1. The van der Waals surface area contributed by atoms with E-state index in [0.29, 0.717) is 12.5 Å². The molecular formula is C21H25N7O2. The Kier molecular flexibility index (Phi) is 6.19. The van der Waals surface area contributed by atoms with Crippen LogP contribution in [0.3, 0.4) is 0 Å². The summed E-state index contributed by atoms with van der Waals surface area (Å²) in [4.78, 5) is 25.0. The number of para-hydroxylation sites is 1. The minimum absolute atomic E-state index is 0.0297. The summed E-state index contributed by atoms with van der Waals surface area (Å²) in [6, 6.07) is 13.7. The fourth-order valence-electron chi connectivity index (χ4n) is 3.43. The quantitative estimate of drug-likeness (QED) is 0.669. The Hall–Kier alpha value is -3.46. The van der Waals surface area contributed by atoms with Crippen LogP contribution in [-0.4, -0.2) is 70.5 Å². The van der Waals surface area contributed by atoms with Gasteiger partial charge in [0.25, 0.3) is 0 Å². The third-order valence-corrected chi connectivity index (χ3v) is 4.96. The second-order valence-corrected chi connectivity index (χ2v) is 7.03. The summed E-state index contributed by atoms with van der Waals surface area (Å²) in [5.41, 5.74) is 1.81. The Balaban J connectivity index is 1.45. The third-order valence-electron chi connectivity index (χ3n) is 4.96. The molecule has 1 saturated heterocycles. The van der Waals surface area contributed by atoms with Gasteiger partial charge in [0, 0.05) is 51.2 Å². The summed E-state index contributed by atoms with van der Waals surface area (Å²) in [7, 11) is 1.54. The molecule has 2 aromatic heterocycles. The van der Waals surface area contributed by atoms with E-state index < -0.39 is 0 Å². The number of pyridine rings is 1. The molecule has 0 bridgehead atoms. The molecule has 3 aromatic rings. The standard InChI is InChI=1S/C21H25N7O2/c1-30-15-20(29)27-11-5-10-26(12-13-27)19-14-18(8-9-22-19)28-16-23-21(25-28)24-17-6-3-2-4-7-17/h2-4,6-9,14,16H,5,10-13,15H2,1H3,(H,24,25). The molecule has 0 aliphatic carbocycles. The predicted molar refractivity (Wildman–Crippen MR) is 114 cm³/mol. The van der Waals surface area contributed by atoms with Gasteiger partial charge in [-0.2, -0.15) is 4.98 Å². The lowest BCUT2D eigenvalue weighted by atomic mass is 10.3. The van der Waals surface area contributed by atoms with E-state index in [1.807, 2.05) is 47.4 Å². The number of carbonyl (C=O) groups is 1. The van der Waals surface area contributed by atoms with Gasteiger partial charge in [0.2, 0.25) is 11.9 Å². The topological polar surface area (TPSA) is 88.4 Å². The lowest BCUT2D eigenvalue weighted by Gasteiger charge is -2.23. The van der Waals surface area contributed by atoms with Gasteiger partial charge >= 0.3 is 0 Å². The van der Waals surface area contributed by atoms with Crippen molar-refractivity contribution in [3.8, 4) is 5.69 Å². The molecule has 9 heteroatoms. The lowest BCUT2D eigenvalue weighted by molar-refractivity contribution is -0.134. The van der Waals surface area contributed by atoms with Crippen LogP contribution in [0, 0.1) is 0 Å². The number of hydrogen-bond acceptors (Lipinski definition) is 7. The molecule has 1 N–H and O–H groups in total. The highest BCUT2D eigenvalue weighted by atomic mass is 16.5. The molecule has 30 heavy (non-hydrogen) atoms. The molecule has 0 saturated carbocycles. The van der Waals surface area contributed by atoms with Crippen molar-refractivity contribution in [2.45, 2.75) is 6.42 Å². The average Bonchev–Trinajstić information content (AvgIpc) is 3.09. The Morgan fingerprint density at radius 2 is 1.97 bits per heavy atom. The first kappa shape index (κ1) is 19.8. The molecule has 1 fully saturated rings. The van der Waals surface area contributed by atoms with E-state index in [1.54, 1.807) is 24.3 Å². The number of nitrogens with one attached hydrogen (secondary N) is 1. The maximum Gasteiger partial charge on any atom is 0.248 e. The minimum Gasteiger partial charge on any atom is -0.375 e. The number of anilines is 3. The number of benzene rings is 1. The number of amides is 1. The third kappa shape index (κ3) is 4.74. The van der Waals surface area contributed by atoms with Crippen LogP contribution in [0.1, 0.15) is 6.42 Å². The van der Waals surface area contributed by atoms with Crippen LogP contribution >= 0.6 is 0 Å². The first-order chi connectivity index (χ1) is 14.7. The van der Waals surface area contributed by atoms with Crippen molar-refractivity contribution in [2.24, 2.45) is 0 Å². The van der Waals surface area contributed by atoms with Gasteiger partial charge in [0.1, 0.15) is 18.8 Å². The summed E-state index contributed by atoms with van der Waals surface area (Å²) in [6.45, 7) is 3.08. The molecule has 1 aliphatic rings. The number of methoxy groups -OCH3 is 1. The highest BCUT2D eigenvalue weighted by Crippen LogP contribution is 2.19. The van der Waals surface area contributed by atoms with Crippen LogP contribution < -0.4 is 10.2 Å². The summed E-state index contributed by atoms with van der Waals surface area (Å²) < 4.78 is 6.70. The molecule has 4 rings (SSSR count). The van der Waals surface area contributed by atoms with Crippen molar-refractivity contribution in [3.63, 3.8) is 0 Å². The zero-order valence-corrected chi connectivity index (χ0v) is 16.9. The molecule has 0 spiro atoms. The largest absolute Gasteiger partial charge is 0.375 e. The van der Waals surface area contributed by atoms with Crippen molar-refractivity contribution in [1.29, 1.82) is 0 Å². The number of rotatable bonds is 6. The molecular weight excluding hydrogens is 382 g/mol. The van der Waals surface area contributed by atoms with E-state index in [0.717, 1.165) is 43.2 Å². The lowest BCUT2D eigenvalue weighted by Crippen LogP contribution is -2.37. The maximum atomic E-state index is 12.1. The van der Waals surface area contributed by atoms with Gasteiger partial charge in [0.15, 0.2) is 0 Å². The molecule has 3 heterocycles. The second-order valence-electron chi connectivity index (χ2n) is 7.03. The number of ether oxygens (including phenoxy) is 1. The van der Waals surface area contributed by atoms with Crippen molar-refractivity contribution in [3.05, 3.63) is 55.0 Å². The molecule has 1 amide bonds. The van der Waals surface area contributed by atoms with Gasteiger partial charge in [-0.25, -0.2) is 9.67 Å². The van der Waals surface area contributed by atoms with Crippen molar-refractivity contribution >= 4 is 23.4 Å². The predicted octanol–water partition coefficient (Wildman–Crippen LogP) is 2.09. The monoisotopic (exact) mass is 407 g/mol. The zero-order valence-electron chi connectivity index (χ0n) is 16.9. The van der Waals surface area contributed by atoms with E-state index in [1.165, 1.54) is 0 Å². The van der Waals surface area contributed by atoms with Crippen LogP contribution in [0.25, 0.3) is 5.69 Å². The summed E-state index contributed by atoms with van der Waals surface area (Å²) in [5, 5.41) is 7.71. The number of aromatic nitrogens is 4. The normalized spacial score (nSPS) is 14.4. The van der Waals surface area contributed by atoms with E-state index in [4.69, 9.17) is 4.74 Å². The Bertz CT molecular complexity index is 976. The Morgan fingerprint density at radius 3 is 2.80 bits per heavy atom.